The highest BCUT2D eigenvalue weighted by atomic mass is 35.5. The predicted molar refractivity (Wildman–Crippen MR) is 116 cm³/mol. The Morgan fingerprint density at radius 1 is 1.27 bits per heavy atom. The molecule has 0 amide bonds. The Morgan fingerprint density at radius 2 is 2.04 bits per heavy atom. The zero-order valence-electron chi connectivity index (χ0n) is 14.9. The Balaban J connectivity index is 0. The third-order valence-corrected chi connectivity index (χ3v) is 4.61. The van der Waals surface area contributed by atoms with Crippen molar-refractivity contribution in [2.24, 2.45) is 0 Å². The first-order valence-electron chi connectivity index (χ1n) is 7.78. The summed E-state index contributed by atoms with van der Waals surface area (Å²) < 4.78 is 0. The molecule has 26 heavy (non-hydrogen) atoms. The molecular formula is C15H28Cl3N7S. The number of H-pyrrole nitrogens is 2. The smallest absolute Gasteiger partial charge is 0.188 e. The molecule has 5 N–H and O–H groups in total. The van der Waals surface area contributed by atoms with Gasteiger partial charge in [-0.3, -0.25) is 5.41 Å². The number of nitrogens with zero attached hydrogens (tertiary/aromatic N) is 2. The Labute approximate surface area is 177 Å². The minimum absolute atomic E-state index is 0. The Hall–Kier alpha value is -1.09. The third-order valence-electron chi connectivity index (χ3n) is 3.40. The van der Waals surface area contributed by atoms with Crippen molar-refractivity contribution < 1.29 is 0 Å². The second-order valence-electron chi connectivity index (χ2n) is 5.50. The van der Waals surface area contributed by atoms with Crippen molar-refractivity contribution in [3.63, 3.8) is 0 Å². The van der Waals surface area contributed by atoms with Gasteiger partial charge in [0.2, 0.25) is 0 Å². The molecule has 2 aromatic rings. The van der Waals surface area contributed by atoms with Crippen molar-refractivity contribution in [1.82, 2.24) is 30.6 Å². The van der Waals surface area contributed by atoms with Crippen LogP contribution in [0.25, 0.3) is 0 Å². The van der Waals surface area contributed by atoms with Gasteiger partial charge in [0.15, 0.2) is 5.96 Å². The summed E-state index contributed by atoms with van der Waals surface area (Å²) in [6.45, 7) is 4.89. The van der Waals surface area contributed by atoms with E-state index in [0.717, 1.165) is 48.0 Å². The molecule has 0 fully saturated rings. The lowest BCUT2D eigenvalue weighted by Crippen LogP contribution is -2.42. The second-order valence-corrected chi connectivity index (χ2v) is 6.53. The highest BCUT2D eigenvalue weighted by Gasteiger charge is 2.06. The van der Waals surface area contributed by atoms with E-state index < -0.39 is 0 Å². The molecule has 0 radical (unpaired) electrons. The van der Waals surface area contributed by atoms with Crippen LogP contribution < -0.4 is 10.6 Å². The Morgan fingerprint density at radius 3 is 2.65 bits per heavy atom. The van der Waals surface area contributed by atoms with Gasteiger partial charge in [0.1, 0.15) is 0 Å². The van der Waals surface area contributed by atoms with E-state index in [0.29, 0.717) is 5.96 Å². The van der Waals surface area contributed by atoms with Crippen LogP contribution in [0, 0.1) is 12.3 Å². The van der Waals surface area contributed by atoms with Gasteiger partial charge in [-0.25, -0.2) is 9.97 Å². The normalized spacial score (nSPS) is 10.7. The van der Waals surface area contributed by atoms with E-state index in [9.17, 15) is 0 Å². The largest absolute Gasteiger partial charge is 0.357 e. The van der Waals surface area contributed by atoms with Gasteiger partial charge in [-0.1, -0.05) is 0 Å². The topological polar surface area (TPSA) is 105 Å². The summed E-state index contributed by atoms with van der Waals surface area (Å²) in [6, 6.07) is 0.241. The quantitative estimate of drug-likeness (QED) is 0.232. The number of hydrogen-bond acceptors (Lipinski definition) is 4. The van der Waals surface area contributed by atoms with Crippen LogP contribution in [0.5, 0.6) is 0 Å². The molecule has 11 heteroatoms. The van der Waals surface area contributed by atoms with Crippen molar-refractivity contribution in [2.75, 3.05) is 12.3 Å². The first-order chi connectivity index (χ1) is 11.1. The number of nitrogens with one attached hydrogen (secondary N) is 5. The zero-order chi connectivity index (χ0) is 16.5. The van der Waals surface area contributed by atoms with Crippen LogP contribution in [0.2, 0.25) is 0 Å². The fourth-order valence-corrected chi connectivity index (χ4v) is 3.15. The van der Waals surface area contributed by atoms with Gasteiger partial charge in [0, 0.05) is 36.0 Å². The van der Waals surface area contributed by atoms with Gasteiger partial charge in [0.05, 0.1) is 24.0 Å². The third kappa shape index (κ3) is 10.2. The van der Waals surface area contributed by atoms with Crippen molar-refractivity contribution in [3.05, 3.63) is 35.9 Å². The number of halogens is 3. The molecule has 0 aliphatic rings. The van der Waals surface area contributed by atoms with E-state index in [1.54, 1.807) is 12.7 Å². The molecule has 0 aliphatic carbocycles. The van der Waals surface area contributed by atoms with E-state index in [1.165, 1.54) is 0 Å². The summed E-state index contributed by atoms with van der Waals surface area (Å²) in [4.78, 5) is 14.5. The van der Waals surface area contributed by atoms with Gasteiger partial charge in [-0.2, -0.15) is 11.8 Å². The average molecular weight is 445 g/mol. The number of aromatic nitrogens is 4. The Bertz CT molecular complexity index is 592. The lowest BCUT2D eigenvalue weighted by atomic mass is 10.2. The van der Waals surface area contributed by atoms with Crippen LogP contribution in [0.3, 0.4) is 0 Å². The SMILES string of the molecule is Cc1[nH]cnc1CSCC(C)NC(=N)NCCCc1c[nH]cn1.Cl.Cl.Cl. The highest BCUT2D eigenvalue weighted by Crippen LogP contribution is 2.13. The van der Waals surface area contributed by atoms with E-state index in [1.807, 2.05) is 24.9 Å². The second kappa shape index (κ2) is 15.0. The zero-order valence-corrected chi connectivity index (χ0v) is 18.1. The molecular weight excluding hydrogens is 417 g/mol. The number of aryl methyl sites for hydroxylation is 2. The molecule has 0 saturated heterocycles. The summed E-state index contributed by atoms with van der Waals surface area (Å²) in [5.74, 6) is 2.21. The van der Waals surface area contributed by atoms with Crippen LogP contribution in [0.15, 0.2) is 18.9 Å². The molecule has 0 saturated carbocycles. The molecule has 1 unspecified atom stereocenters. The number of guanidine groups is 1. The number of rotatable bonds is 9. The lowest BCUT2D eigenvalue weighted by molar-refractivity contribution is 0.686. The maximum atomic E-state index is 7.91. The summed E-state index contributed by atoms with van der Waals surface area (Å²) in [5.41, 5.74) is 3.29. The van der Waals surface area contributed by atoms with E-state index in [4.69, 9.17) is 5.41 Å². The number of thioether (sulfide) groups is 1. The fraction of sp³-hybridized carbons (Fsp3) is 0.533. The predicted octanol–water partition coefficient (Wildman–Crippen LogP) is 3.08. The molecule has 2 rings (SSSR count). The molecule has 1 atom stereocenters. The summed E-state index contributed by atoms with van der Waals surface area (Å²) >= 11 is 1.82. The number of hydrogen-bond donors (Lipinski definition) is 5. The van der Waals surface area contributed by atoms with E-state index in [2.05, 4.69) is 37.5 Å². The molecule has 150 valence electrons. The van der Waals surface area contributed by atoms with Crippen LogP contribution in [-0.4, -0.2) is 44.2 Å². The van der Waals surface area contributed by atoms with E-state index >= 15 is 0 Å². The molecule has 0 spiro atoms. The molecule has 0 aromatic carbocycles. The van der Waals surface area contributed by atoms with Crippen molar-refractivity contribution in [2.45, 2.75) is 38.5 Å². The van der Waals surface area contributed by atoms with Crippen molar-refractivity contribution >= 4 is 54.9 Å². The molecule has 7 nitrogen and oxygen atoms in total. The first-order valence-corrected chi connectivity index (χ1v) is 8.94. The van der Waals surface area contributed by atoms with Crippen LogP contribution in [0.1, 0.15) is 30.4 Å². The summed E-state index contributed by atoms with van der Waals surface area (Å²) in [6.07, 6.45) is 7.20. The highest BCUT2D eigenvalue weighted by molar-refractivity contribution is 7.98. The van der Waals surface area contributed by atoms with Crippen LogP contribution in [0.4, 0.5) is 0 Å². The van der Waals surface area contributed by atoms with Gasteiger partial charge >= 0.3 is 0 Å². The Kier molecular flexibility index (Phi) is 15.7. The molecule has 0 aliphatic heterocycles. The van der Waals surface area contributed by atoms with Crippen LogP contribution in [-0.2, 0) is 12.2 Å². The monoisotopic (exact) mass is 443 g/mol. The number of imidazole rings is 2. The van der Waals surface area contributed by atoms with Crippen molar-refractivity contribution in [1.29, 1.82) is 5.41 Å². The summed E-state index contributed by atoms with van der Waals surface area (Å²) in [7, 11) is 0. The van der Waals surface area contributed by atoms with Gasteiger partial charge in [-0.15, -0.1) is 37.2 Å². The fourth-order valence-electron chi connectivity index (χ4n) is 2.11. The first kappa shape index (κ1) is 27.1. The minimum Gasteiger partial charge on any atom is -0.357 e. The lowest BCUT2D eigenvalue weighted by Gasteiger charge is -2.16. The van der Waals surface area contributed by atoms with Crippen molar-refractivity contribution in [3.8, 4) is 0 Å². The molecule has 2 heterocycles. The summed E-state index contributed by atoms with van der Waals surface area (Å²) in [5, 5.41) is 14.2. The molecule has 0 bridgehead atoms. The van der Waals surface area contributed by atoms with Gasteiger partial charge < -0.3 is 20.6 Å². The minimum atomic E-state index is 0. The number of aromatic amines is 2. The average Bonchev–Trinajstić information content (AvgIpc) is 3.16. The van der Waals surface area contributed by atoms with Crippen LogP contribution >= 0.6 is 49.0 Å². The maximum absolute atomic E-state index is 7.91. The standard InChI is InChI=1S/C15H25N7S.3ClH/c1-11(7-23-8-14-12(2)19-10-21-14)22-15(16)18-5-3-4-13-6-17-9-20-13;;;/h6,9-11H,3-5,7-8H2,1-2H3,(H,17,20)(H,19,21)(H3,16,18,22);3*1H. The van der Waals surface area contributed by atoms with Gasteiger partial charge in [-0.05, 0) is 26.7 Å². The van der Waals surface area contributed by atoms with E-state index in [-0.39, 0.29) is 43.3 Å². The molecule has 2 aromatic heterocycles. The maximum Gasteiger partial charge on any atom is 0.188 e. The van der Waals surface area contributed by atoms with Gasteiger partial charge in [0.25, 0.3) is 0 Å².